The standard InChI is InChI=1S/C27H28N2O3/c1-18-22-12-11-19-17-28-25(21-9-5-6-10-23(21)30)29-24(19)26(22,20-7-3-2-4-8-20)13-14-27(18)31-15-16-32-27/h2-10,17-18,22,30H,11-16H2,1H3/t18-,22-,26+/m0/s1. The molecule has 0 radical (unpaired) electrons. The molecule has 3 atom stereocenters. The summed E-state index contributed by atoms with van der Waals surface area (Å²) in [7, 11) is 0. The van der Waals surface area contributed by atoms with E-state index in [1.807, 2.05) is 24.4 Å². The van der Waals surface area contributed by atoms with Crippen LogP contribution in [-0.4, -0.2) is 34.1 Å². The largest absolute Gasteiger partial charge is 0.507 e. The minimum absolute atomic E-state index is 0.206. The molecule has 1 N–H and O–H groups in total. The normalized spacial score (nSPS) is 28.3. The Kier molecular flexibility index (Phi) is 4.60. The topological polar surface area (TPSA) is 64.5 Å². The molecule has 0 unspecified atom stereocenters. The van der Waals surface area contributed by atoms with Crippen LogP contribution in [0.25, 0.3) is 11.4 Å². The average Bonchev–Trinajstić information content (AvgIpc) is 3.32. The van der Waals surface area contributed by atoms with E-state index in [9.17, 15) is 5.11 Å². The van der Waals surface area contributed by atoms with Gasteiger partial charge in [-0.15, -0.1) is 0 Å². The number of fused-ring (bicyclic) bond motifs is 3. The number of phenolic OH excluding ortho intramolecular Hbond substituents is 1. The molecule has 2 aliphatic carbocycles. The highest BCUT2D eigenvalue weighted by Gasteiger charge is 2.60. The van der Waals surface area contributed by atoms with Crippen LogP contribution in [0.5, 0.6) is 5.75 Å². The SMILES string of the molecule is C[C@H]1[C@@H]2CCc3cnc(-c4ccccc4O)nc3[C@@]2(c2ccccc2)CCC12OCCO2. The van der Waals surface area contributed by atoms with Crippen LogP contribution in [0.4, 0.5) is 0 Å². The fraction of sp³-hybridized carbons (Fsp3) is 0.407. The van der Waals surface area contributed by atoms with Crippen LogP contribution in [0.1, 0.15) is 43.0 Å². The minimum atomic E-state index is -0.478. The lowest BCUT2D eigenvalue weighted by Crippen LogP contribution is -2.57. The van der Waals surface area contributed by atoms with Gasteiger partial charge in [-0.2, -0.15) is 0 Å². The summed E-state index contributed by atoms with van der Waals surface area (Å²) in [5.74, 6) is 0.900. The van der Waals surface area contributed by atoms with E-state index in [0.29, 0.717) is 30.5 Å². The molecule has 2 heterocycles. The summed E-state index contributed by atoms with van der Waals surface area (Å²) < 4.78 is 12.5. The monoisotopic (exact) mass is 428 g/mol. The van der Waals surface area contributed by atoms with Gasteiger partial charge in [-0.1, -0.05) is 49.4 Å². The van der Waals surface area contributed by atoms with Crippen LogP contribution in [0.3, 0.4) is 0 Å². The lowest BCUT2D eigenvalue weighted by Gasteiger charge is -2.55. The van der Waals surface area contributed by atoms with Crippen molar-refractivity contribution in [3.8, 4) is 17.1 Å². The Morgan fingerprint density at radius 3 is 2.50 bits per heavy atom. The number of aromatic hydroxyl groups is 1. The molecule has 6 rings (SSSR count). The number of hydrogen-bond acceptors (Lipinski definition) is 5. The number of aryl methyl sites for hydroxylation is 1. The van der Waals surface area contributed by atoms with E-state index >= 15 is 0 Å². The summed E-state index contributed by atoms with van der Waals surface area (Å²) in [5, 5.41) is 10.5. The van der Waals surface area contributed by atoms with Crippen molar-refractivity contribution >= 4 is 0 Å². The van der Waals surface area contributed by atoms with Gasteiger partial charge in [-0.25, -0.2) is 9.97 Å². The molecule has 0 bridgehead atoms. The number of rotatable bonds is 2. The second-order valence-electron chi connectivity index (χ2n) is 9.36. The van der Waals surface area contributed by atoms with Crippen molar-refractivity contribution in [3.63, 3.8) is 0 Å². The van der Waals surface area contributed by atoms with Crippen molar-refractivity contribution in [2.75, 3.05) is 13.2 Å². The van der Waals surface area contributed by atoms with Gasteiger partial charge < -0.3 is 14.6 Å². The summed E-state index contributed by atoms with van der Waals surface area (Å²) in [4.78, 5) is 9.83. The molecule has 0 amide bonds. The van der Waals surface area contributed by atoms with E-state index in [1.54, 1.807) is 6.07 Å². The number of ether oxygens (including phenoxy) is 2. The minimum Gasteiger partial charge on any atom is -0.507 e. The predicted molar refractivity (Wildman–Crippen MR) is 121 cm³/mol. The smallest absolute Gasteiger partial charge is 0.171 e. The maximum atomic E-state index is 10.5. The highest BCUT2D eigenvalue weighted by atomic mass is 16.7. The zero-order chi connectivity index (χ0) is 21.8. The lowest BCUT2D eigenvalue weighted by atomic mass is 9.52. The first-order valence-corrected chi connectivity index (χ1v) is 11.6. The molecule has 2 fully saturated rings. The molecular weight excluding hydrogens is 400 g/mol. The van der Waals surface area contributed by atoms with Gasteiger partial charge in [0.1, 0.15) is 5.75 Å². The highest BCUT2D eigenvalue weighted by Crippen LogP contribution is 2.59. The van der Waals surface area contributed by atoms with Crippen LogP contribution >= 0.6 is 0 Å². The molecule has 164 valence electrons. The van der Waals surface area contributed by atoms with Crippen molar-refractivity contribution < 1.29 is 14.6 Å². The van der Waals surface area contributed by atoms with E-state index in [2.05, 4.69) is 42.2 Å². The molecule has 1 saturated heterocycles. The number of para-hydroxylation sites is 1. The maximum absolute atomic E-state index is 10.5. The third-order valence-corrected chi connectivity index (χ3v) is 8.02. The van der Waals surface area contributed by atoms with Crippen molar-refractivity contribution in [1.82, 2.24) is 9.97 Å². The van der Waals surface area contributed by atoms with E-state index in [-0.39, 0.29) is 17.1 Å². The van der Waals surface area contributed by atoms with Gasteiger partial charge in [0.25, 0.3) is 0 Å². The van der Waals surface area contributed by atoms with Crippen LogP contribution in [0.15, 0.2) is 60.8 Å². The van der Waals surface area contributed by atoms with Gasteiger partial charge in [0.05, 0.1) is 24.5 Å². The van der Waals surface area contributed by atoms with Crippen LogP contribution in [0, 0.1) is 11.8 Å². The fourth-order valence-corrected chi connectivity index (χ4v) is 6.50. The maximum Gasteiger partial charge on any atom is 0.171 e. The Labute approximate surface area is 188 Å². The molecular formula is C27H28N2O3. The summed E-state index contributed by atoms with van der Waals surface area (Å²) >= 11 is 0. The molecule has 2 aromatic carbocycles. The van der Waals surface area contributed by atoms with E-state index < -0.39 is 5.79 Å². The first-order chi connectivity index (χ1) is 15.6. The van der Waals surface area contributed by atoms with E-state index in [1.165, 1.54) is 11.1 Å². The molecule has 1 spiro atoms. The molecule has 1 aromatic heterocycles. The Hall–Kier alpha value is -2.76. The zero-order valence-electron chi connectivity index (χ0n) is 18.3. The van der Waals surface area contributed by atoms with E-state index in [0.717, 1.165) is 31.4 Å². The number of hydrogen-bond donors (Lipinski definition) is 1. The van der Waals surface area contributed by atoms with Crippen LogP contribution in [0.2, 0.25) is 0 Å². The molecule has 32 heavy (non-hydrogen) atoms. The Bertz CT molecular complexity index is 1140. The number of phenols is 1. The van der Waals surface area contributed by atoms with E-state index in [4.69, 9.17) is 14.5 Å². The Morgan fingerprint density at radius 2 is 1.72 bits per heavy atom. The Morgan fingerprint density at radius 1 is 0.969 bits per heavy atom. The summed E-state index contributed by atoms with van der Waals surface area (Å²) in [6, 6.07) is 18.1. The number of nitrogens with zero attached hydrogens (tertiary/aromatic N) is 2. The van der Waals surface area contributed by atoms with Gasteiger partial charge in [-0.3, -0.25) is 0 Å². The third kappa shape index (κ3) is 2.77. The summed E-state index contributed by atoms with van der Waals surface area (Å²) in [6.45, 7) is 3.64. The molecule has 1 aliphatic heterocycles. The third-order valence-electron chi connectivity index (χ3n) is 8.02. The van der Waals surface area contributed by atoms with Crippen LogP contribution < -0.4 is 0 Å². The van der Waals surface area contributed by atoms with Crippen molar-refractivity contribution in [2.45, 2.75) is 43.8 Å². The van der Waals surface area contributed by atoms with Gasteiger partial charge >= 0.3 is 0 Å². The average molecular weight is 429 g/mol. The van der Waals surface area contributed by atoms with Gasteiger partial charge in [0, 0.05) is 24.0 Å². The fourth-order valence-electron chi connectivity index (χ4n) is 6.50. The van der Waals surface area contributed by atoms with Crippen molar-refractivity contribution in [2.24, 2.45) is 11.8 Å². The second kappa shape index (κ2) is 7.39. The quantitative estimate of drug-likeness (QED) is 0.631. The van der Waals surface area contributed by atoms with Gasteiger partial charge in [0.15, 0.2) is 11.6 Å². The zero-order valence-corrected chi connectivity index (χ0v) is 18.3. The first-order valence-electron chi connectivity index (χ1n) is 11.6. The van der Waals surface area contributed by atoms with Gasteiger partial charge in [0.2, 0.25) is 0 Å². The van der Waals surface area contributed by atoms with Gasteiger partial charge in [-0.05, 0) is 48.4 Å². The molecule has 3 aromatic rings. The molecule has 5 heteroatoms. The lowest BCUT2D eigenvalue weighted by molar-refractivity contribution is -0.232. The number of aromatic nitrogens is 2. The van der Waals surface area contributed by atoms with Crippen LogP contribution in [-0.2, 0) is 21.3 Å². The first kappa shape index (κ1) is 19.9. The Balaban J connectivity index is 1.55. The highest BCUT2D eigenvalue weighted by molar-refractivity contribution is 5.64. The molecule has 1 saturated carbocycles. The van der Waals surface area contributed by atoms with Crippen molar-refractivity contribution in [1.29, 1.82) is 0 Å². The van der Waals surface area contributed by atoms with Crippen molar-refractivity contribution in [3.05, 3.63) is 77.6 Å². The predicted octanol–water partition coefficient (Wildman–Crippen LogP) is 4.87. The molecule has 5 nitrogen and oxygen atoms in total. The molecule has 3 aliphatic rings. The number of benzene rings is 2. The second-order valence-corrected chi connectivity index (χ2v) is 9.36. The summed E-state index contributed by atoms with van der Waals surface area (Å²) in [5.41, 5.74) is 4.06. The summed E-state index contributed by atoms with van der Waals surface area (Å²) in [6.07, 6.45) is 5.72.